The van der Waals surface area contributed by atoms with Gasteiger partial charge in [0.15, 0.2) is 6.19 Å². The van der Waals surface area contributed by atoms with Crippen molar-refractivity contribution in [2.75, 3.05) is 13.1 Å². The molecule has 1 saturated heterocycles. The third-order valence-corrected chi connectivity index (χ3v) is 2.30. The predicted molar refractivity (Wildman–Crippen MR) is 46.0 cm³/mol. The molecule has 5 nitrogen and oxygen atoms in total. The van der Waals surface area contributed by atoms with Gasteiger partial charge < -0.3 is 14.9 Å². The molecule has 1 amide bonds. The highest BCUT2D eigenvalue weighted by molar-refractivity contribution is 5.65. The van der Waals surface area contributed by atoms with Crippen LogP contribution >= 0.6 is 0 Å². The van der Waals surface area contributed by atoms with E-state index in [0.717, 1.165) is 0 Å². The maximum Gasteiger partial charge on any atom is 0.407 e. The summed E-state index contributed by atoms with van der Waals surface area (Å²) in [4.78, 5) is 13.7. The molecule has 0 aromatic rings. The fraction of sp³-hybridized carbons (Fsp3) is 0.750. The Hall–Kier alpha value is -1.44. The van der Waals surface area contributed by atoms with E-state index in [1.54, 1.807) is 4.90 Å². The predicted octanol–water partition coefficient (Wildman–Crippen LogP) is 0.540. The summed E-state index contributed by atoms with van der Waals surface area (Å²) in [6.07, 6.45) is 1.17. The second-order valence-corrected chi connectivity index (χ2v) is 3.39. The van der Waals surface area contributed by atoms with Gasteiger partial charge in [-0.3, -0.25) is 0 Å². The van der Waals surface area contributed by atoms with E-state index >= 15 is 0 Å². The summed E-state index contributed by atoms with van der Waals surface area (Å²) < 4.78 is 0. The van der Waals surface area contributed by atoms with Gasteiger partial charge in [0.25, 0.3) is 0 Å². The van der Waals surface area contributed by atoms with E-state index in [9.17, 15) is 4.79 Å². The van der Waals surface area contributed by atoms with Crippen LogP contribution in [0, 0.1) is 11.5 Å². The van der Waals surface area contributed by atoms with Crippen molar-refractivity contribution in [3.8, 4) is 6.19 Å². The van der Waals surface area contributed by atoms with Crippen LogP contribution in [0.1, 0.15) is 13.8 Å². The Morgan fingerprint density at radius 1 is 1.46 bits per heavy atom. The summed E-state index contributed by atoms with van der Waals surface area (Å²) in [5.74, 6) is 0. The molecule has 1 rings (SSSR count). The van der Waals surface area contributed by atoms with Crippen LogP contribution in [0.15, 0.2) is 0 Å². The maximum atomic E-state index is 10.7. The number of amides is 1. The summed E-state index contributed by atoms with van der Waals surface area (Å²) in [6, 6.07) is -0.0466. The zero-order chi connectivity index (χ0) is 10.0. The third kappa shape index (κ3) is 1.83. The first-order valence-corrected chi connectivity index (χ1v) is 4.22. The Balaban J connectivity index is 2.68. The molecule has 1 aliphatic heterocycles. The molecule has 13 heavy (non-hydrogen) atoms. The first-order valence-electron chi connectivity index (χ1n) is 4.22. The average Bonchev–Trinajstić information content (AvgIpc) is 2.03. The molecule has 0 spiro atoms. The second-order valence-electron chi connectivity index (χ2n) is 3.39. The molecule has 0 bridgehead atoms. The molecular weight excluding hydrogens is 170 g/mol. The molecule has 0 saturated carbocycles. The highest BCUT2D eigenvalue weighted by Gasteiger charge is 2.30. The van der Waals surface area contributed by atoms with Crippen molar-refractivity contribution >= 4 is 6.09 Å². The SMILES string of the molecule is C[C@@H]1CN(C(=O)O)C[C@H](C)N1C#N. The standard InChI is InChI=1S/C8H13N3O2/c1-6-3-10(8(12)13)4-7(2)11(6)5-9/h6-7H,3-4H2,1-2H3,(H,12,13)/t6-,7+. The van der Waals surface area contributed by atoms with Crippen molar-refractivity contribution in [1.82, 2.24) is 9.80 Å². The van der Waals surface area contributed by atoms with E-state index in [4.69, 9.17) is 10.4 Å². The Morgan fingerprint density at radius 3 is 2.23 bits per heavy atom. The summed E-state index contributed by atoms with van der Waals surface area (Å²) in [6.45, 7) is 4.53. The molecule has 1 fully saturated rings. The number of nitriles is 1. The van der Waals surface area contributed by atoms with Crippen LogP contribution in [0.25, 0.3) is 0 Å². The van der Waals surface area contributed by atoms with E-state index in [0.29, 0.717) is 13.1 Å². The number of hydrogen-bond donors (Lipinski definition) is 1. The van der Waals surface area contributed by atoms with Gasteiger partial charge in [-0.2, -0.15) is 5.26 Å². The monoisotopic (exact) mass is 183 g/mol. The largest absolute Gasteiger partial charge is 0.465 e. The van der Waals surface area contributed by atoms with E-state index in [1.165, 1.54) is 4.90 Å². The van der Waals surface area contributed by atoms with Crippen molar-refractivity contribution in [3.05, 3.63) is 0 Å². The highest BCUT2D eigenvalue weighted by Crippen LogP contribution is 2.14. The Morgan fingerprint density at radius 2 is 1.92 bits per heavy atom. The Labute approximate surface area is 77.2 Å². The van der Waals surface area contributed by atoms with Crippen molar-refractivity contribution in [3.63, 3.8) is 0 Å². The van der Waals surface area contributed by atoms with Crippen LogP contribution in [0.5, 0.6) is 0 Å². The third-order valence-electron chi connectivity index (χ3n) is 2.30. The van der Waals surface area contributed by atoms with E-state index in [1.807, 2.05) is 13.8 Å². The lowest BCUT2D eigenvalue weighted by Gasteiger charge is -2.39. The highest BCUT2D eigenvalue weighted by atomic mass is 16.4. The zero-order valence-corrected chi connectivity index (χ0v) is 7.77. The van der Waals surface area contributed by atoms with Gasteiger partial charge >= 0.3 is 6.09 Å². The topological polar surface area (TPSA) is 67.6 Å². The molecule has 2 atom stereocenters. The molecule has 0 aliphatic carbocycles. The number of carbonyl (C=O) groups is 1. The first kappa shape index (κ1) is 9.65. The first-order chi connectivity index (χ1) is 6.06. The average molecular weight is 183 g/mol. The summed E-state index contributed by atoms with van der Waals surface area (Å²) in [5, 5.41) is 17.5. The van der Waals surface area contributed by atoms with Gasteiger partial charge in [-0.1, -0.05) is 0 Å². The summed E-state index contributed by atoms with van der Waals surface area (Å²) >= 11 is 0. The molecule has 0 radical (unpaired) electrons. The van der Waals surface area contributed by atoms with Crippen LogP contribution in [0.2, 0.25) is 0 Å². The van der Waals surface area contributed by atoms with Crippen molar-refractivity contribution in [2.45, 2.75) is 25.9 Å². The number of carboxylic acid groups (broad SMARTS) is 1. The minimum Gasteiger partial charge on any atom is -0.465 e. The van der Waals surface area contributed by atoms with Gasteiger partial charge in [0.2, 0.25) is 0 Å². The lowest BCUT2D eigenvalue weighted by atomic mass is 10.1. The van der Waals surface area contributed by atoms with Crippen LogP contribution in [0.3, 0.4) is 0 Å². The molecular formula is C8H13N3O2. The lowest BCUT2D eigenvalue weighted by molar-refractivity contribution is 0.0740. The van der Waals surface area contributed by atoms with E-state index < -0.39 is 6.09 Å². The minimum absolute atomic E-state index is 0.0233. The fourth-order valence-corrected chi connectivity index (χ4v) is 1.68. The second kappa shape index (κ2) is 3.52. The van der Waals surface area contributed by atoms with Crippen molar-refractivity contribution in [1.29, 1.82) is 5.26 Å². The number of nitrogens with zero attached hydrogens (tertiary/aromatic N) is 3. The Kier molecular flexibility index (Phi) is 2.61. The molecule has 72 valence electrons. The van der Waals surface area contributed by atoms with Gasteiger partial charge in [-0.15, -0.1) is 0 Å². The van der Waals surface area contributed by atoms with Crippen LogP contribution < -0.4 is 0 Å². The smallest absolute Gasteiger partial charge is 0.407 e. The number of hydrogen-bond acceptors (Lipinski definition) is 3. The van der Waals surface area contributed by atoms with E-state index in [-0.39, 0.29) is 12.1 Å². The molecule has 5 heteroatoms. The van der Waals surface area contributed by atoms with Crippen molar-refractivity contribution < 1.29 is 9.90 Å². The number of piperazine rings is 1. The maximum absolute atomic E-state index is 10.7. The molecule has 0 aromatic carbocycles. The molecule has 0 aromatic heterocycles. The van der Waals surface area contributed by atoms with Gasteiger partial charge in [0, 0.05) is 13.1 Å². The van der Waals surface area contributed by atoms with Gasteiger partial charge in [0.05, 0.1) is 12.1 Å². The van der Waals surface area contributed by atoms with Gasteiger partial charge in [-0.05, 0) is 13.8 Å². The molecule has 1 aliphatic rings. The Bertz CT molecular complexity index is 236. The fourth-order valence-electron chi connectivity index (χ4n) is 1.68. The van der Waals surface area contributed by atoms with E-state index in [2.05, 4.69) is 6.19 Å². The van der Waals surface area contributed by atoms with Crippen LogP contribution in [0.4, 0.5) is 4.79 Å². The normalized spacial score (nSPS) is 28.4. The van der Waals surface area contributed by atoms with Crippen LogP contribution in [-0.2, 0) is 0 Å². The van der Waals surface area contributed by atoms with Crippen molar-refractivity contribution in [2.24, 2.45) is 0 Å². The number of rotatable bonds is 0. The van der Waals surface area contributed by atoms with Crippen LogP contribution in [-0.4, -0.2) is 46.2 Å². The lowest BCUT2D eigenvalue weighted by Crippen LogP contribution is -2.55. The quantitative estimate of drug-likeness (QED) is 0.556. The van der Waals surface area contributed by atoms with Gasteiger partial charge in [0.1, 0.15) is 0 Å². The summed E-state index contributed by atoms with van der Waals surface area (Å²) in [7, 11) is 0. The zero-order valence-electron chi connectivity index (χ0n) is 7.77. The molecule has 1 heterocycles. The molecule has 0 unspecified atom stereocenters. The van der Waals surface area contributed by atoms with Gasteiger partial charge in [-0.25, -0.2) is 4.79 Å². The molecule has 1 N–H and O–H groups in total. The minimum atomic E-state index is -0.906. The summed E-state index contributed by atoms with van der Waals surface area (Å²) in [5.41, 5.74) is 0.